The standard InChI is InChI=1S/C19H24ClN3O3/c1-3-19(2)12-16(24)23(18(19)26)13-17(25)22-10-8-21(9-11-22)15-7-5-4-6-14(15)20/h4-7H,3,8-13H2,1-2H3. The lowest BCUT2D eigenvalue weighted by Gasteiger charge is -2.37. The van der Waals surface area contributed by atoms with Crippen molar-refractivity contribution in [3.63, 3.8) is 0 Å². The van der Waals surface area contributed by atoms with Crippen LogP contribution in [-0.2, 0) is 14.4 Å². The summed E-state index contributed by atoms with van der Waals surface area (Å²) in [6.45, 7) is 5.97. The summed E-state index contributed by atoms with van der Waals surface area (Å²) in [4.78, 5) is 42.2. The Bertz CT molecular complexity index is 730. The summed E-state index contributed by atoms with van der Waals surface area (Å²) in [6.07, 6.45) is 0.786. The molecule has 2 heterocycles. The topological polar surface area (TPSA) is 60.9 Å². The number of para-hydroxylation sites is 1. The molecule has 3 amide bonds. The van der Waals surface area contributed by atoms with E-state index in [1.165, 1.54) is 0 Å². The predicted octanol–water partition coefficient (Wildman–Crippen LogP) is 2.16. The van der Waals surface area contributed by atoms with Gasteiger partial charge >= 0.3 is 0 Å². The minimum atomic E-state index is -0.667. The first kappa shape index (κ1) is 18.7. The molecule has 0 radical (unpaired) electrons. The summed E-state index contributed by atoms with van der Waals surface area (Å²) in [5.74, 6) is -0.652. The lowest BCUT2D eigenvalue weighted by molar-refractivity contribution is -0.147. The zero-order chi connectivity index (χ0) is 18.9. The number of carbonyl (C=O) groups excluding carboxylic acids is 3. The van der Waals surface area contributed by atoms with Crippen LogP contribution in [0, 0.1) is 5.41 Å². The number of halogens is 1. The van der Waals surface area contributed by atoms with Crippen LogP contribution < -0.4 is 4.90 Å². The highest BCUT2D eigenvalue weighted by molar-refractivity contribution is 6.33. The molecule has 0 aromatic heterocycles. The number of anilines is 1. The molecule has 2 saturated heterocycles. The van der Waals surface area contributed by atoms with Crippen molar-refractivity contribution >= 4 is 35.0 Å². The second kappa shape index (κ2) is 7.27. The summed E-state index contributed by atoms with van der Waals surface area (Å²) in [5, 5.41) is 0.694. The summed E-state index contributed by atoms with van der Waals surface area (Å²) in [7, 11) is 0. The molecule has 140 valence electrons. The fourth-order valence-corrected chi connectivity index (χ4v) is 3.78. The van der Waals surface area contributed by atoms with Gasteiger partial charge in [0.25, 0.3) is 0 Å². The number of imide groups is 1. The van der Waals surface area contributed by atoms with Crippen LogP contribution >= 0.6 is 11.6 Å². The average Bonchev–Trinajstić information content (AvgIpc) is 2.86. The van der Waals surface area contributed by atoms with Gasteiger partial charge in [0.1, 0.15) is 6.54 Å². The summed E-state index contributed by atoms with van der Waals surface area (Å²) in [6, 6.07) is 7.64. The van der Waals surface area contributed by atoms with Crippen molar-refractivity contribution in [1.29, 1.82) is 0 Å². The van der Waals surface area contributed by atoms with Crippen LogP contribution in [0.3, 0.4) is 0 Å². The predicted molar refractivity (Wildman–Crippen MR) is 100.0 cm³/mol. The zero-order valence-corrected chi connectivity index (χ0v) is 16.0. The van der Waals surface area contributed by atoms with Crippen molar-refractivity contribution in [3.05, 3.63) is 29.3 Å². The molecule has 3 rings (SSSR count). The Morgan fingerprint density at radius 1 is 1.15 bits per heavy atom. The number of amides is 3. The van der Waals surface area contributed by atoms with Gasteiger partial charge in [0.05, 0.1) is 16.1 Å². The Hall–Kier alpha value is -2.08. The van der Waals surface area contributed by atoms with Crippen LogP contribution in [0.5, 0.6) is 0 Å². The molecule has 1 aromatic rings. The molecule has 0 aliphatic carbocycles. The van der Waals surface area contributed by atoms with E-state index in [1.807, 2.05) is 31.2 Å². The van der Waals surface area contributed by atoms with Crippen molar-refractivity contribution in [1.82, 2.24) is 9.80 Å². The normalized spacial score (nSPS) is 23.7. The second-order valence-corrected chi connectivity index (χ2v) is 7.60. The van der Waals surface area contributed by atoms with Crippen LogP contribution in [-0.4, -0.2) is 60.2 Å². The molecule has 1 unspecified atom stereocenters. The van der Waals surface area contributed by atoms with Gasteiger partial charge in [-0.25, -0.2) is 0 Å². The maximum atomic E-state index is 12.6. The number of piperazine rings is 1. The number of hydrogen-bond donors (Lipinski definition) is 0. The Balaban J connectivity index is 1.59. The van der Waals surface area contributed by atoms with E-state index >= 15 is 0 Å². The Morgan fingerprint density at radius 2 is 1.81 bits per heavy atom. The third kappa shape index (κ3) is 3.43. The Morgan fingerprint density at radius 3 is 2.38 bits per heavy atom. The van der Waals surface area contributed by atoms with Gasteiger partial charge in [0.2, 0.25) is 17.7 Å². The van der Waals surface area contributed by atoms with Gasteiger partial charge in [-0.2, -0.15) is 0 Å². The first-order valence-corrected chi connectivity index (χ1v) is 9.35. The molecular weight excluding hydrogens is 354 g/mol. The largest absolute Gasteiger partial charge is 0.367 e. The molecule has 0 saturated carbocycles. The molecule has 1 atom stereocenters. The Labute approximate surface area is 158 Å². The number of likely N-dealkylation sites (tertiary alicyclic amines) is 1. The first-order valence-electron chi connectivity index (χ1n) is 8.98. The van der Waals surface area contributed by atoms with Crippen molar-refractivity contribution in [2.75, 3.05) is 37.6 Å². The quantitative estimate of drug-likeness (QED) is 0.754. The van der Waals surface area contributed by atoms with Gasteiger partial charge in [-0.3, -0.25) is 19.3 Å². The Kier molecular flexibility index (Phi) is 5.23. The molecule has 6 nitrogen and oxygen atoms in total. The van der Waals surface area contributed by atoms with Gasteiger partial charge in [0.15, 0.2) is 0 Å². The third-order valence-corrected chi connectivity index (χ3v) is 5.82. The highest BCUT2D eigenvalue weighted by atomic mass is 35.5. The van der Waals surface area contributed by atoms with Crippen LogP contribution in [0.1, 0.15) is 26.7 Å². The summed E-state index contributed by atoms with van der Waals surface area (Å²) in [5.41, 5.74) is 0.296. The van der Waals surface area contributed by atoms with E-state index in [-0.39, 0.29) is 30.7 Å². The minimum absolute atomic E-state index is 0.153. The van der Waals surface area contributed by atoms with Crippen LogP contribution in [0.2, 0.25) is 5.02 Å². The number of benzene rings is 1. The first-order chi connectivity index (χ1) is 12.4. The molecule has 2 aliphatic rings. The van der Waals surface area contributed by atoms with Crippen LogP contribution in [0.25, 0.3) is 0 Å². The number of nitrogens with zero attached hydrogens (tertiary/aromatic N) is 3. The van der Waals surface area contributed by atoms with E-state index in [4.69, 9.17) is 11.6 Å². The monoisotopic (exact) mass is 377 g/mol. The number of carbonyl (C=O) groups is 3. The van der Waals surface area contributed by atoms with Gasteiger partial charge in [0, 0.05) is 32.6 Å². The molecule has 2 aliphatic heterocycles. The maximum Gasteiger partial charge on any atom is 0.242 e. The molecule has 2 fully saturated rings. The van der Waals surface area contributed by atoms with Crippen molar-refractivity contribution in [3.8, 4) is 0 Å². The van der Waals surface area contributed by atoms with Crippen molar-refractivity contribution in [2.45, 2.75) is 26.7 Å². The van der Waals surface area contributed by atoms with Crippen molar-refractivity contribution in [2.24, 2.45) is 5.41 Å². The maximum absolute atomic E-state index is 12.6. The lowest BCUT2D eigenvalue weighted by atomic mass is 9.86. The van der Waals surface area contributed by atoms with Crippen LogP contribution in [0.4, 0.5) is 5.69 Å². The van der Waals surface area contributed by atoms with E-state index < -0.39 is 5.41 Å². The average molecular weight is 378 g/mol. The van der Waals surface area contributed by atoms with Gasteiger partial charge < -0.3 is 9.80 Å². The van der Waals surface area contributed by atoms with E-state index in [1.54, 1.807) is 11.8 Å². The molecule has 26 heavy (non-hydrogen) atoms. The third-order valence-electron chi connectivity index (χ3n) is 5.50. The van der Waals surface area contributed by atoms with Gasteiger partial charge in [-0.15, -0.1) is 0 Å². The van der Waals surface area contributed by atoms with E-state index in [9.17, 15) is 14.4 Å². The minimum Gasteiger partial charge on any atom is -0.367 e. The second-order valence-electron chi connectivity index (χ2n) is 7.20. The number of hydrogen-bond acceptors (Lipinski definition) is 4. The summed E-state index contributed by atoms with van der Waals surface area (Å²) >= 11 is 6.24. The zero-order valence-electron chi connectivity index (χ0n) is 15.2. The van der Waals surface area contributed by atoms with Crippen LogP contribution in [0.15, 0.2) is 24.3 Å². The molecular formula is C19H24ClN3O3. The summed E-state index contributed by atoms with van der Waals surface area (Å²) < 4.78 is 0. The molecule has 0 spiro atoms. The lowest BCUT2D eigenvalue weighted by Crippen LogP contribution is -2.52. The SMILES string of the molecule is CCC1(C)CC(=O)N(CC(=O)N2CCN(c3ccccc3Cl)CC2)C1=O. The van der Waals surface area contributed by atoms with E-state index in [2.05, 4.69) is 4.90 Å². The fraction of sp³-hybridized carbons (Fsp3) is 0.526. The van der Waals surface area contributed by atoms with E-state index in [0.717, 1.165) is 10.6 Å². The van der Waals surface area contributed by atoms with Crippen molar-refractivity contribution < 1.29 is 14.4 Å². The molecule has 1 aromatic carbocycles. The van der Waals surface area contributed by atoms with Gasteiger partial charge in [-0.05, 0) is 18.6 Å². The van der Waals surface area contributed by atoms with E-state index in [0.29, 0.717) is 37.6 Å². The molecule has 0 bridgehead atoms. The van der Waals surface area contributed by atoms with Gasteiger partial charge in [-0.1, -0.05) is 37.6 Å². The highest BCUT2D eigenvalue weighted by Gasteiger charge is 2.47. The smallest absolute Gasteiger partial charge is 0.242 e. The molecule has 7 heteroatoms. The molecule has 0 N–H and O–H groups in total. The fourth-order valence-electron chi connectivity index (χ4n) is 3.52. The highest BCUT2D eigenvalue weighted by Crippen LogP contribution is 2.35. The number of rotatable bonds is 4.